The van der Waals surface area contributed by atoms with E-state index in [1.165, 1.54) is 19.4 Å². The van der Waals surface area contributed by atoms with Crippen molar-refractivity contribution in [2.75, 3.05) is 12.0 Å². The van der Waals surface area contributed by atoms with E-state index in [0.29, 0.717) is 22.5 Å². The van der Waals surface area contributed by atoms with E-state index < -0.39 is 6.55 Å². The summed E-state index contributed by atoms with van der Waals surface area (Å²) in [5.74, 6) is 1.12. The fraction of sp³-hybridized carbons (Fsp3) is 0.188. The highest BCUT2D eigenvalue weighted by molar-refractivity contribution is 5.91. The van der Waals surface area contributed by atoms with Gasteiger partial charge in [0.15, 0.2) is 0 Å². The molecule has 0 amide bonds. The van der Waals surface area contributed by atoms with Crippen LogP contribution in [-0.2, 0) is 0 Å². The fourth-order valence-electron chi connectivity index (χ4n) is 2.29. The van der Waals surface area contributed by atoms with Crippen molar-refractivity contribution in [2.24, 2.45) is 0 Å². The Bertz CT molecular complexity index is 824. The first kappa shape index (κ1) is 15.1. The molecule has 0 bridgehead atoms. The van der Waals surface area contributed by atoms with Crippen molar-refractivity contribution in [3.05, 3.63) is 48.4 Å². The molecule has 0 saturated heterocycles. The number of alkyl halides is 2. The lowest BCUT2D eigenvalue weighted by Crippen LogP contribution is -2.25. The largest absolute Gasteiger partial charge is 0.495 e. The van der Waals surface area contributed by atoms with Gasteiger partial charge in [0.25, 0.3) is 0 Å². The van der Waals surface area contributed by atoms with Crippen molar-refractivity contribution in [1.82, 2.24) is 15.0 Å². The first-order valence-corrected chi connectivity index (χ1v) is 6.91. The highest BCUT2D eigenvalue weighted by Crippen LogP contribution is 2.32. The Hall–Kier alpha value is -2.83. The fourth-order valence-corrected chi connectivity index (χ4v) is 2.29. The van der Waals surface area contributed by atoms with Crippen LogP contribution in [0.2, 0.25) is 0 Å². The Labute approximate surface area is 131 Å². The van der Waals surface area contributed by atoms with Gasteiger partial charge in [0.2, 0.25) is 0 Å². The molecule has 3 aromatic rings. The van der Waals surface area contributed by atoms with Crippen molar-refractivity contribution in [3.63, 3.8) is 0 Å². The van der Waals surface area contributed by atoms with Gasteiger partial charge >= 0.3 is 6.55 Å². The molecule has 23 heavy (non-hydrogen) atoms. The first-order chi connectivity index (χ1) is 11.1. The summed E-state index contributed by atoms with van der Waals surface area (Å²) in [7, 11) is 1.49. The van der Waals surface area contributed by atoms with Gasteiger partial charge in [0, 0.05) is 5.39 Å². The molecule has 0 radical (unpaired) electrons. The lowest BCUT2D eigenvalue weighted by molar-refractivity contribution is 0.154. The predicted molar refractivity (Wildman–Crippen MR) is 83.2 cm³/mol. The molecule has 0 unspecified atom stereocenters. The minimum absolute atomic E-state index is 0.0871. The van der Waals surface area contributed by atoms with Gasteiger partial charge in [-0.15, -0.1) is 0 Å². The molecular weight excluding hydrogens is 302 g/mol. The summed E-state index contributed by atoms with van der Waals surface area (Å²) >= 11 is 0. The molecule has 118 valence electrons. The quantitative estimate of drug-likeness (QED) is 0.687. The summed E-state index contributed by atoms with van der Waals surface area (Å²) in [6.45, 7) is -1.13. The van der Waals surface area contributed by atoms with Crippen LogP contribution in [0, 0.1) is 6.92 Å². The third kappa shape index (κ3) is 2.90. The van der Waals surface area contributed by atoms with E-state index in [9.17, 15) is 8.78 Å². The standard InChI is InChI=1S/C16H14F2N4O/c1-10-20-13-6-4-3-5-12(13)15(21-10)22(16(17)18)14-8-7-11(23-2)9-19-14/h3-9,16H,1-2H3. The van der Waals surface area contributed by atoms with Gasteiger partial charge in [-0.2, -0.15) is 8.78 Å². The molecule has 3 rings (SSSR count). The van der Waals surface area contributed by atoms with Crippen LogP contribution in [0.4, 0.5) is 20.4 Å². The number of aromatic nitrogens is 3. The second-order valence-electron chi connectivity index (χ2n) is 4.82. The molecule has 0 spiro atoms. The Morgan fingerprint density at radius 1 is 1.09 bits per heavy atom. The number of halogens is 2. The minimum atomic E-state index is -2.80. The summed E-state index contributed by atoms with van der Waals surface area (Å²) in [6.07, 6.45) is 1.39. The number of aryl methyl sites for hydroxylation is 1. The monoisotopic (exact) mass is 316 g/mol. The van der Waals surface area contributed by atoms with Gasteiger partial charge in [0.1, 0.15) is 23.2 Å². The van der Waals surface area contributed by atoms with Gasteiger partial charge in [-0.3, -0.25) is 4.90 Å². The van der Waals surface area contributed by atoms with Gasteiger partial charge in [-0.25, -0.2) is 15.0 Å². The van der Waals surface area contributed by atoms with Crippen molar-refractivity contribution in [1.29, 1.82) is 0 Å². The van der Waals surface area contributed by atoms with Gasteiger partial charge in [-0.1, -0.05) is 12.1 Å². The number of hydrogen-bond acceptors (Lipinski definition) is 5. The molecule has 2 aromatic heterocycles. The number of hydrogen-bond donors (Lipinski definition) is 0. The normalized spacial score (nSPS) is 11.0. The third-order valence-corrected chi connectivity index (χ3v) is 3.32. The first-order valence-electron chi connectivity index (χ1n) is 6.91. The van der Waals surface area contributed by atoms with Crippen LogP contribution in [0.3, 0.4) is 0 Å². The summed E-state index contributed by atoms with van der Waals surface area (Å²) in [6, 6.07) is 10.1. The zero-order chi connectivity index (χ0) is 16.4. The number of fused-ring (bicyclic) bond motifs is 1. The van der Waals surface area contributed by atoms with E-state index in [2.05, 4.69) is 15.0 Å². The summed E-state index contributed by atoms with van der Waals surface area (Å²) in [4.78, 5) is 13.3. The number of para-hydroxylation sites is 1. The molecule has 7 heteroatoms. The molecule has 0 atom stereocenters. The molecule has 0 N–H and O–H groups in total. The van der Waals surface area contributed by atoms with E-state index in [1.54, 1.807) is 37.3 Å². The number of pyridine rings is 1. The zero-order valence-corrected chi connectivity index (χ0v) is 12.6. The van der Waals surface area contributed by atoms with Crippen LogP contribution >= 0.6 is 0 Å². The SMILES string of the molecule is COc1ccc(N(c2nc(C)nc3ccccc23)C(F)F)nc1. The molecule has 1 aromatic carbocycles. The Morgan fingerprint density at radius 3 is 2.52 bits per heavy atom. The molecule has 2 heterocycles. The van der Waals surface area contributed by atoms with E-state index in [4.69, 9.17) is 4.74 Å². The molecule has 0 aliphatic heterocycles. The molecule has 0 fully saturated rings. The lowest BCUT2D eigenvalue weighted by Gasteiger charge is -2.23. The minimum Gasteiger partial charge on any atom is -0.495 e. The Balaban J connectivity index is 2.18. The Kier molecular flexibility index (Phi) is 4.01. The number of anilines is 2. The number of ether oxygens (including phenoxy) is 1. The van der Waals surface area contributed by atoms with Crippen molar-refractivity contribution in [3.8, 4) is 5.75 Å². The highest BCUT2D eigenvalue weighted by Gasteiger charge is 2.24. The van der Waals surface area contributed by atoms with Crippen LogP contribution in [0.1, 0.15) is 5.82 Å². The van der Waals surface area contributed by atoms with Crippen molar-refractivity contribution in [2.45, 2.75) is 13.5 Å². The number of benzene rings is 1. The number of nitrogens with zero attached hydrogens (tertiary/aromatic N) is 4. The van der Waals surface area contributed by atoms with Crippen LogP contribution < -0.4 is 9.64 Å². The molecule has 0 saturated carbocycles. The average Bonchev–Trinajstić information content (AvgIpc) is 2.55. The summed E-state index contributed by atoms with van der Waals surface area (Å²) in [5.41, 5.74) is 0.606. The Morgan fingerprint density at radius 2 is 1.87 bits per heavy atom. The van der Waals surface area contributed by atoms with E-state index in [0.717, 1.165) is 4.90 Å². The third-order valence-electron chi connectivity index (χ3n) is 3.32. The van der Waals surface area contributed by atoms with Crippen LogP contribution in [0.25, 0.3) is 10.9 Å². The lowest BCUT2D eigenvalue weighted by atomic mass is 10.2. The molecular formula is C16H14F2N4O. The van der Waals surface area contributed by atoms with Crippen LogP contribution in [0.5, 0.6) is 5.75 Å². The van der Waals surface area contributed by atoms with Crippen molar-refractivity contribution >= 4 is 22.5 Å². The van der Waals surface area contributed by atoms with E-state index in [-0.39, 0.29) is 11.6 Å². The van der Waals surface area contributed by atoms with E-state index in [1.807, 2.05) is 0 Å². The zero-order valence-electron chi connectivity index (χ0n) is 12.6. The summed E-state index contributed by atoms with van der Waals surface area (Å²) in [5, 5.41) is 0.538. The molecule has 5 nitrogen and oxygen atoms in total. The maximum Gasteiger partial charge on any atom is 0.321 e. The molecule has 0 aliphatic carbocycles. The smallest absolute Gasteiger partial charge is 0.321 e. The number of methoxy groups -OCH3 is 1. The maximum absolute atomic E-state index is 13.7. The van der Waals surface area contributed by atoms with Crippen molar-refractivity contribution < 1.29 is 13.5 Å². The summed E-state index contributed by atoms with van der Waals surface area (Å²) < 4.78 is 32.4. The highest BCUT2D eigenvalue weighted by atomic mass is 19.3. The van der Waals surface area contributed by atoms with Crippen LogP contribution in [0.15, 0.2) is 42.6 Å². The van der Waals surface area contributed by atoms with E-state index >= 15 is 0 Å². The second kappa shape index (κ2) is 6.12. The maximum atomic E-state index is 13.7. The number of rotatable bonds is 4. The molecule has 0 aliphatic rings. The van der Waals surface area contributed by atoms with Gasteiger partial charge < -0.3 is 4.74 Å². The second-order valence-corrected chi connectivity index (χ2v) is 4.82. The predicted octanol–water partition coefficient (Wildman–Crippen LogP) is 3.70. The van der Waals surface area contributed by atoms with Crippen LogP contribution in [-0.4, -0.2) is 28.6 Å². The van der Waals surface area contributed by atoms with Gasteiger partial charge in [-0.05, 0) is 31.2 Å². The topological polar surface area (TPSA) is 51.1 Å². The average molecular weight is 316 g/mol. The van der Waals surface area contributed by atoms with Gasteiger partial charge in [0.05, 0.1) is 18.8 Å².